The summed E-state index contributed by atoms with van der Waals surface area (Å²) in [5.41, 5.74) is 0.272. The van der Waals surface area contributed by atoms with Crippen LogP contribution >= 0.6 is 0 Å². The number of aliphatic hydroxyl groups is 1. The number of aliphatic hydroxyl groups excluding tert-OH is 1. The highest BCUT2D eigenvalue weighted by Gasteiger charge is 2.30. The van der Waals surface area contributed by atoms with Crippen LogP contribution in [-0.4, -0.2) is 48.3 Å². The number of nitrogens with one attached hydrogen (secondary N) is 1. The van der Waals surface area contributed by atoms with E-state index in [0.717, 1.165) is 19.0 Å². The van der Waals surface area contributed by atoms with E-state index in [9.17, 15) is 5.11 Å². The molecular weight excluding hydrogens is 236 g/mol. The fourth-order valence-corrected chi connectivity index (χ4v) is 3.26. The summed E-state index contributed by atoms with van der Waals surface area (Å²) in [6, 6.07) is 0. The SMILES string of the molecule is CCNC(C)(CO)CN1CCCC(C(C)(C)C)CC1. The lowest BCUT2D eigenvalue weighted by atomic mass is 9.77. The average Bonchev–Trinajstić information content (AvgIpc) is 2.54. The van der Waals surface area contributed by atoms with E-state index in [0.29, 0.717) is 5.41 Å². The molecule has 3 nitrogen and oxygen atoms in total. The van der Waals surface area contributed by atoms with Gasteiger partial charge in [-0.1, -0.05) is 27.7 Å². The van der Waals surface area contributed by atoms with Crippen molar-refractivity contribution in [3.05, 3.63) is 0 Å². The van der Waals surface area contributed by atoms with E-state index < -0.39 is 0 Å². The molecule has 2 unspecified atom stereocenters. The Morgan fingerprint density at radius 2 is 1.84 bits per heavy atom. The Labute approximate surface area is 119 Å². The summed E-state index contributed by atoms with van der Waals surface area (Å²) in [6.07, 6.45) is 3.92. The Kier molecular flexibility index (Phi) is 6.28. The molecule has 3 heteroatoms. The Morgan fingerprint density at radius 1 is 1.16 bits per heavy atom. The normalized spacial score (nSPS) is 25.9. The predicted octanol–water partition coefficient (Wildman–Crippen LogP) is 2.50. The van der Waals surface area contributed by atoms with Crippen LogP contribution in [0, 0.1) is 11.3 Å². The Balaban J connectivity index is 2.53. The maximum Gasteiger partial charge on any atom is 0.0623 e. The van der Waals surface area contributed by atoms with E-state index in [1.165, 1.54) is 32.4 Å². The molecule has 0 saturated carbocycles. The third-order valence-corrected chi connectivity index (χ3v) is 4.57. The summed E-state index contributed by atoms with van der Waals surface area (Å²) >= 11 is 0. The molecule has 1 fully saturated rings. The summed E-state index contributed by atoms with van der Waals surface area (Å²) in [6.45, 7) is 15.7. The van der Waals surface area contributed by atoms with Crippen molar-refractivity contribution in [2.75, 3.05) is 32.8 Å². The van der Waals surface area contributed by atoms with Crippen LogP contribution in [0.25, 0.3) is 0 Å². The molecule has 2 N–H and O–H groups in total. The fourth-order valence-electron chi connectivity index (χ4n) is 3.26. The third-order valence-electron chi connectivity index (χ3n) is 4.57. The lowest BCUT2D eigenvalue weighted by molar-refractivity contribution is 0.120. The molecule has 2 atom stereocenters. The summed E-state index contributed by atoms with van der Waals surface area (Å²) in [4.78, 5) is 2.53. The number of nitrogens with zero attached hydrogens (tertiary/aromatic N) is 1. The summed E-state index contributed by atoms with van der Waals surface area (Å²) in [5.74, 6) is 0.831. The van der Waals surface area contributed by atoms with Gasteiger partial charge in [-0.25, -0.2) is 0 Å². The summed E-state index contributed by atoms with van der Waals surface area (Å²) in [7, 11) is 0. The number of rotatable bonds is 5. The minimum Gasteiger partial charge on any atom is -0.394 e. The van der Waals surface area contributed by atoms with Gasteiger partial charge in [0.2, 0.25) is 0 Å². The third kappa shape index (κ3) is 5.41. The van der Waals surface area contributed by atoms with Gasteiger partial charge in [0, 0.05) is 6.54 Å². The van der Waals surface area contributed by atoms with Crippen LogP contribution in [0.15, 0.2) is 0 Å². The van der Waals surface area contributed by atoms with E-state index >= 15 is 0 Å². The van der Waals surface area contributed by atoms with Crippen molar-refractivity contribution >= 4 is 0 Å². The second-order valence-corrected chi connectivity index (χ2v) is 7.52. The molecule has 1 heterocycles. The first kappa shape index (κ1) is 16.9. The van der Waals surface area contributed by atoms with Gasteiger partial charge in [-0.2, -0.15) is 0 Å². The topological polar surface area (TPSA) is 35.5 Å². The van der Waals surface area contributed by atoms with E-state index in [4.69, 9.17) is 0 Å². The largest absolute Gasteiger partial charge is 0.394 e. The summed E-state index contributed by atoms with van der Waals surface area (Å²) < 4.78 is 0. The van der Waals surface area contributed by atoms with Crippen LogP contribution in [0.3, 0.4) is 0 Å². The van der Waals surface area contributed by atoms with Gasteiger partial charge >= 0.3 is 0 Å². The Morgan fingerprint density at radius 3 is 2.37 bits per heavy atom. The van der Waals surface area contributed by atoms with E-state index in [1.54, 1.807) is 0 Å². The quantitative estimate of drug-likeness (QED) is 0.806. The van der Waals surface area contributed by atoms with E-state index in [1.807, 2.05) is 0 Å². The minimum absolute atomic E-state index is 0.156. The molecule has 0 bridgehead atoms. The van der Waals surface area contributed by atoms with Gasteiger partial charge in [-0.05, 0) is 57.2 Å². The highest BCUT2D eigenvalue weighted by molar-refractivity contribution is 4.87. The van der Waals surface area contributed by atoms with Crippen molar-refractivity contribution in [1.29, 1.82) is 0 Å². The van der Waals surface area contributed by atoms with Gasteiger partial charge in [0.25, 0.3) is 0 Å². The predicted molar refractivity (Wildman–Crippen MR) is 82.4 cm³/mol. The molecule has 0 aromatic carbocycles. The first-order chi connectivity index (χ1) is 8.80. The van der Waals surface area contributed by atoms with Crippen LogP contribution in [0.4, 0.5) is 0 Å². The highest BCUT2D eigenvalue weighted by atomic mass is 16.3. The number of likely N-dealkylation sites (N-methyl/N-ethyl adjacent to an activating group) is 1. The molecule has 0 aliphatic carbocycles. The van der Waals surface area contributed by atoms with Crippen molar-refractivity contribution in [2.45, 2.75) is 59.4 Å². The lowest BCUT2D eigenvalue weighted by Gasteiger charge is -2.35. The molecular formula is C16H34N2O. The lowest BCUT2D eigenvalue weighted by Crippen LogP contribution is -2.54. The fraction of sp³-hybridized carbons (Fsp3) is 1.00. The standard InChI is InChI=1S/C16H34N2O/c1-6-17-16(5,13-19)12-18-10-7-8-14(9-11-18)15(2,3)4/h14,17,19H,6-13H2,1-5H3. The van der Waals surface area contributed by atoms with Crippen molar-refractivity contribution in [3.8, 4) is 0 Å². The van der Waals surface area contributed by atoms with Gasteiger partial charge in [0.15, 0.2) is 0 Å². The van der Waals surface area contributed by atoms with Crippen LogP contribution < -0.4 is 5.32 Å². The second-order valence-electron chi connectivity index (χ2n) is 7.52. The second kappa shape index (κ2) is 7.05. The molecule has 1 aliphatic heterocycles. The maximum absolute atomic E-state index is 9.61. The van der Waals surface area contributed by atoms with Gasteiger partial charge in [-0.3, -0.25) is 0 Å². The zero-order chi connectivity index (χ0) is 14.5. The molecule has 0 amide bonds. The molecule has 0 radical (unpaired) electrons. The molecule has 1 saturated heterocycles. The van der Waals surface area contributed by atoms with Gasteiger partial charge < -0.3 is 15.3 Å². The smallest absolute Gasteiger partial charge is 0.0623 e. The Bertz CT molecular complexity index is 262. The van der Waals surface area contributed by atoms with Crippen LogP contribution in [0.5, 0.6) is 0 Å². The zero-order valence-corrected chi connectivity index (χ0v) is 13.6. The Hall–Kier alpha value is -0.120. The minimum atomic E-state index is -0.156. The van der Waals surface area contributed by atoms with Crippen LogP contribution in [-0.2, 0) is 0 Å². The first-order valence-corrected chi connectivity index (χ1v) is 7.89. The van der Waals surface area contributed by atoms with E-state index in [-0.39, 0.29) is 12.1 Å². The molecule has 1 aliphatic rings. The molecule has 0 spiro atoms. The van der Waals surface area contributed by atoms with E-state index in [2.05, 4.69) is 44.8 Å². The van der Waals surface area contributed by atoms with Gasteiger partial charge in [0.1, 0.15) is 0 Å². The highest BCUT2D eigenvalue weighted by Crippen LogP contribution is 2.34. The average molecular weight is 270 g/mol. The van der Waals surface area contributed by atoms with Crippen LogP contribution in [0.2, 0.25) is 0 Å². The molecule has 1 rings (SSSR count). The van der Waals surface area contributed by atoms with Crippen molar-refractivity contribution in [1.82, 2.24) is 10.2 Å². The zero-order valence-electron chi connectivity index (χ0n) is 13.6. The van der Waals surface area contributed by atoms with Crippen molar-refractivity contribution in [3.63, 3.8) is 0 Å². The molecule has 114 valence electrons. The van der Waals surface area contributed by atoms with Gasteiger partial charge in [-0.15, -0.1) is 0 Å². The molecule has 0 aromatic rings. The monoisotopic (exact) mass is 270 g/mol. The van der Waals surface area contributed by atoms with Gasteiger partial charge in [0.05, 0.1) is 12.1 Å². The molecule has 19 heavy (non-hydrogen) atoms. The van der Waals surface area contributed by atoms with Crippen molar-refractivity contribution in [2.24, 2.45) is 11.3 Å². The van der Waals surface area contributed by atoms with Crippen molar-refractivity contribution < 1.29 is 5.11 Å². The van der Waals surface area contributed by atoms with Crippen LogP contribution in [0.1, 0.15) is 53.9 Å². The number of likely N-dealkylation sites (tertiary alicyclic amines) is 1. The summed E-state index contributed by atoms with van der Waals surface area (Å²) in [5, 5.41) is 13.0. The first-order valence-electron chi connectivity index (χ1n) is 7.89. The number of hydrogen-bond acceptors (Lipinski definition) is 3. The molecule has 0 aromatic heterocycles. The number of hydrogen-bond donors (Lipinski definition) is 2. The maximum atomic E-state index is 9.61.